The van der Waals surface area contributed by atoms with Gasteiger partial charge >= 0.3 is 0 Å². The average Bonchev–Trinajstić information content (AvgIpc) is 2.84. The molecule has 82 valence electrons. The Hall–Kier alpha value is -1.57. The molecule has 0 atom stereocenters. The molecule has 16 heavy (non-hydrogen) atoms. The standard InChI is InChI=1S/C14H15NO/c1-10-3-5-11(6-4-10)13-15-9-12(16-13)14(2)7-8-14/h3-6,9H,7-8H2,1-2H3. The molecule has 1 aromatic heterocycles. The summed E-state index contributed by atoms with van der Waals surface area (Å²) in [6.07, 6.45) is 4.31. The van der Waals surface area contributed by atoms with Crippen molar-refractivity contribution in [2.45, 2.75) is 32.1 Å². The van der Waals surface area contributed by atoms with E-state index in [4.69, 9.17) is 4.42 Å². The number of aryl methyl sites for hydroxylation is 1. The van der Waals surface area contributed by atoms with E-state index >= 15 is 0 Å². The topological polar surface area (TPSA) is 26.0 Å². The van der Waals surface area contributed by atoms with Crippen LogP contribution in [-0.2, 0) is 5.41 Å². The van der Waals surface area contributed by atoms with Gasteiger partial charge in [0.1, 0.15) is 5.76 Å². The molecule has 0 radical (unpaired) electrons. The van der Waals surface area contributed by atoms with Crippen LogP contribution in [0.2, 0.25) is 0 Å². The van der Waals surface area contributed by atoms with Crippen molar-refractivity contribution in [1.29, 1.82) is 0 Å². The molecule has 1 saturated carbocycles. The molecule has 0 unspecified atom stereocenters. The van der Waals surface area contributed by atoms with E-state index in [0.29, 0.717) is 0 Å². The second kappa shape index (κ2) is 3.21. The SMILES string of the molecule is Cc1ccc(-c2ncc(C3(C)CC3)o2)cc1. The Morgan fingerprint density at radius 3 is 2.50 bits per heavy atom. The van der Waals surface area contributed by atoms with Crippen LogP contribution in [0.25, 0.3) is 11.5 Å². The molecule has 1 aliphatic rings. The van der Waals surface area contributed by atoms with E-state index in [-0.39, 0.29) is 5.41 Å². The predicted octanol–water partition coefficient (Wildman–Crippen LogP) is 3.70. The first-order chi connectivity index (χ1) is 7.67. The first-order valence-electron chi connectivity index (χ1n) is 5.71. The Labute approximate surface area is 95.3 Å². The minimum Gasteiger partial charge on any atom is -0.441 e. The molecule has 1 heterocycles. The van der Waals surface area contributed by atoms with E-state index in [9.17, 15) is 0 Å². The molecule has 0 N–H and O–H groups in total. The van der Waals surface area contributed by atoms with Gasteiger partial charge in [0.2, 0.25) is 5.89 Å². The third kappa shape index (κ3) is 1.54. The van der Waals surface area contributed by atoms with Gasteiger partial charge < -0.3 is 4.42 Å². The number of rotatable bonds is 2. The average molecular weight is 213 g/mol. The van der Waals surface area contributed by atoms with Crippen LogP contribution in [0.15, 0.2) is 34.9 Å². The minimum atomic E-state index is 0.260. The maximum absolute atomic E-state index is 5.83. The van der Waals surface area contributed by atoms with Crippen molar-refractivity contribution in [3.05, 3.63) is 41.8 Å². The molecule has 2 nitrogen and oxygen atoms in total. The van der Waals surface area contributed by atoms with Gasteiger partial charge in [-0.3, -0.25) is 0 Å². The number of oxazole rings is 1. The van der Waals surface area contributed by atoms with E-state index in [1.54, 1.807) is 0 Å². The second-order valence-corrected chi connectivity index (χ2v) is 4.96. The fraction of sp³-hybridized carbons (Fsp3) is 0.357. The Bertz CT molecular complexity index is 506. The van der Waals surface area contributed by atoms with Gasteiger partial charge in [0, 0.05) is 11.0 Å². The maximum atomic E-state index is 5.83. The molecular formula is C14H15NO. The summed E-state index contributed by atoms with van der Waals surface area (Å²) in [4.78, 5) is 4.36. The Balaban J connectivity index is 1.95. The van der Waals surface area contributed by atoms with Gasteiger partial charge in [-0.2, -0.15) is 0 Å². The third-order valence-corrected chi connectivity index (χ3v) is 3.40. The van der Waals surface area contributed by atoms with Gasteiger partial charge in [0.15, 0.2) is 0 Å². The summed E-state index contributed by atoms with van der Waals surface area (Å²) in [5.74, 6) is 1.77. The van der Waals surface area contributed by atoms with Gasteiger partial charge in [-0.05, 0) is 31.9 Å². The molecule has 1 aromatic carbocycles. The first-order valence-corrected chi connectivity index (χ1v) is 5.71. The number of nitrogens with zero attached hydrogens (tertiary/aromatic N) is 1. The predicted molar refractivity (Wildman–Crippen MR) is 63.3 cm³/mol. The largest absolute Gasteiger partial charge is 0.441 e. The molecule has 2 aromatic rings. The van der Waals surface area contributed by atoms with Crippen LogP contribution in [0, 0.1) is 6.92 Å². The second-order valence-electron chi connectivity index (χ2n) is 4.96. The van der Waals surface area contributed by atoms with Gasteiger partial charge in [0.05, 0.1) is 6.20 Å². The van der Waals surface area contributed by atoms with E-state index in [1.165, 1.54) is 18.4 Å². The summed E-state index contributed by atoms with van der Waals surface area (Å²) < 4.78 is 5.83. The third-order valence-electron chi connectivity index (χ3n) is 3.40. The van der Waals surface area contributed by atoms with Crippen LogP contribution in [0.1, 0.15) is 31.1 Å². The normalized spacial score (nSPS) is 17.4. The van der Waals surface area contributed by atoms with Crippen molar-refractivity contribution in [2.24, 2.45) is 0 Å². The lowest BCUT2D eigenvalue weighted by Crippen LogP contribution is -1.95. The van der Waals surface area contributed by atoms with Crippen molar-refractivity contribution in [1.82, 2.24) is 4.98 Å². The zero-order chi connectivity index (χ0) is 11.2. The zero-order valence-corrected chi connectivity index (χ0v) is 9.66. The highest BCUT2D eigenvalue weighted by Gasteiger charge is 2.42. The summed E-state index contributed by atoms with van der Waals surface area (Å²) in [6.45, 7) is 4.31. The monoisotopic (exact) mass is 213 g/mol. The molecule has 0 saturated heterocycles. The lowest BCUT2D eigenvalue weighted by Gasteiger charge is -2.01. The molecule has 0 amide bonds. The first kappa shape index (κ1) is 9.64. The minimum absolute atomic E-state index is 0.260. The molecule has 0 aliphatic heterocycles. The van der Waals surface area contributed by atoms with Gasteiger partial charge in [-0.1, -0.05) is 24.6 Å². The summed E-state index contributed by atoms with van der Waals surface area (Å²) in [5, 5.41) is 0. The van der Waals surface area contributed by atoms with Gasteiger partial charge in [-0.25, -0.2) is 4.98 Å². The van der Waals surface area contributed by atoms with Crippen LogP contribution in [0.4, 0.5) is 0 Å². The molecule has 0 bridgehead atoms. The van der Waals surface area contributed by atoms with E-state index in [1.807, 2.05) is 6.20 Å². The zero-order valence-electron chi connectivity index (χ0n) is 9.66. The Morgan fingerprint density at radius 1 is 1.19 bits per heavy atom. The van der Waals surface area contributed by atoms with Crippen LogP contribution in [-0.4, -0.2) is 4.98 Å². The highest BCUT2D eigenvalue weighted by Crippen LogP contribution is 2.48. The molecular weight excluding hydrogens is 198 g/mol. The number of benzene rings is 1. The lowest BCUT2D eigenvalue weighted by atomic mass is 10.1. The van der Waals surface area contributed by atoms with Crippen LogP contribution in [0.5, 0.6) is 0 Å². The Morgan fingerprint density at radius 2 is 1.88 bits per heavy atom. The van der Waals surface area contributed by atoms with Crippen molar-refractivity contribution in [2.75, 3.05) is 0 Å². The van der Waals surface area contributed by atoms with Crippen molar-refractivity contribution >= 4 is 0 Å². The number of aromatic nitrogens is 1. The molecule has 0 spiro atoms. The van der Waals surface area contributed by atoms with Gasteiger partial charge in [-0.15, -0.1) is 0 Å². The van der Waals surface area contributed by atoms with Crippen molar-refractivity contribution in [3.63, 3.8) is 0 Å². The summed E-state index contributed by atoms with van der Waals surface area (Å²) in [6, 6.07) is 8.27. The van der Waals surface area contributed by atoms with Gasteiger partial charge in [0.25, 0.3) is 0 Å². The van der Waals surface area contributed by atoms with Crippen LogP contribution < -0.4 is 0 Å². The highest BCUT2D eigenvalue weighted by atomic mass is 16.4. The molecule has 1 aliphatic carbocycles. The quantitative estimate of drug-likeness (QED) is 0.760. The Kier molecular flexibility index (Phi) is 1.93. The van der Waals surface area contributed by atoms with Crippen molar-refractivity contribution < 1.29 is 4.42 Å². The highest BCUT2D eigenvalue weighted by molar-refractivity contribution is 5.53. The fourth-order valence-electron chi connectivity index (χ4n) is 1.82. The van der Waals surface area contributed by atoms with Crippen LogP contribution >= 0.6 is 0 Å². The maximum Gasteiger partial charge on any atom is 0.226 e. The summed E-state index contributed by atoms with van der Waals surface area (Å²) in [7, 11) is 0. The summed E-state index contributed by atoms with van der Waals surface area (Å²) >= 11 is 0. The van der Waals surface area contributed by atoms with E-state index in [2.05, 4.69) is 43.1 Å². The molecule has 3 rings (SSSR count). The number of hydrogen-bond donors (Lipinski definition) is 0. The van der Waals surface area contributed by atoms with E-state index in [0.717, 1.165) is 17.2 Å². The number of hydrogen-bond acceptors (Lipinski definition) is 2. The van der Waals surface area contributed by atoms with Crippen molar-refractivity contribution in [3.8, 4) is 11.5 Å². The van der Waals surface area contributed by atoms with E-state index < -0.39 is 0 Å². The smallest absolute Gasteiger partial charge is 0.226 e. The fourth-order valence-corrected chi connectivity index (χ4v) is 1.82. The molecule has 2 heteroatoms. The van der Waals surface area contributed by atoms with Crippen LogP contribution in [0.3, 0.4) is 0 Å². The summed E-state index contributed by atoms with van der Waals surface area (Å²) in [5.41, 5.74) is 2.57. The lowest BCUT2D eigenvalue weighted by molar-refractivity contribution is 0.474. The molecule has 1 fully saturated rings.